The van der Waals surface area contributed by atoms with Crippen LogP contribution in [0.4, 0.5) is 26.3 Å². The quantitative estimate of drug-likeness (QED) is 0.366. The van der Waals surface area contributed by atoms with Gasteiger partial charge in [-0.2, -0.15) is 13.2 Å². The summed E-state index contributed by atoms with van der Waals surface area (Å²) in [5.74, 6) is -7.84. The van der Waals surface area contributed by atoms with Crippen molar-refractivity contribution in [3.05, 3.63) is 0 Å². The first-order chi connectivity index (χ1) is 7.83. The maximum absolute atomic E-state index is 14.1. The van der Waals surface area contributed by atoms with Gasteiger partial charge in [0.15, 0.2) is 0 Å². The zero-order valence-corrected chi connectivity index (χ0v) is 11.7. The van der Waals surface area contributed by atoms with Crippen LogP contribution in [0.2, 0.25) is 12.1 Å². The van der Waals surface area contributed by atoms with E-state index in [1.165, 1.54) is 6.55 Å². The van der Waals surface area contributed by atoms with E-state index in [1.54, 1.807) is 0 Å². The van der Waals surface area contributed by atoms with Gasteiger partial charge in [0, 0.05) is 11.8 Å². The van der Waals surface area contributed by atoms with E-state index in [4.69, 9.17) is 22.2 Å². The van der Waals surface area contributed by atoms with Crippen LogP contribution >= 0.6 is 22.2 Å². The Kier molecular flexibility index (Phi) is 3.06. The predicted molar refractivity (Wildman–Crippen MR) is 58.1 cm³/mol. The lowest BCUT2D eigenvalue weighted by molar-refractivity contribution is -0.317. The molecule has 0 aromatic rings. The lowest BCUT2D eigenvalue weighted by Crippen LogP contribution is -2.61. The van der Waals surface area contributed by atoms with Crippen molar-refractivity contribution >= 4 is 28.9 Å². The smallest absolute Gasteiger partial charge is 0.227 e. The molecule has 0 saturated heterocycles. The van der Waals surface area contributed by atoms with Crippen molar-refractivity contribution in [1.82, 2.24) is 0 Å². The zero-order chi connectivity index (χ0) is 14.1. The molecule has 0 spiro atoms. The molecular formula is C9H10Cl2F6Si. The minimum atomic E-state index is -5.61. The van der Waals surface area contributed by atoms with Gasteiger partial charge in [-0.15, -0.1) is 22.2 Å². The Balaban J connectivity index is 2.46. The van der Waals surface area contributed by atoms with Crippen molar-refractivity contribution in [1.29, 1.82) is 0 Å². The largest absolute Gasteiger partial charge is 0.428 e. The molecule has 106 valence electrons. The standard InChI is InChI=1S/C9H10Cl2F6Si/c1-18(10,11)6-3-4-2-5(6)7(12,8(4,13)14)9(15,16)17/h4-6H,2-3H2,1H3. The monoisotopic (exact) mass is 330 g/mol. The molecule has 2 rings (SSSR count). The Morgan fingerprint density at radius 2 is 1.61 bits per heavy atom. The number of hydrogen-bond acceptors (Lipinski definition) is 0. The predicted octanol–water partition coefficient (Wildman–Crippen LogP) is 4.85. The van der Waals surface area contributed by atoms with Crippen molar-refractivity contribution in [2.75, 3.05) is 0 Å². The number of rotatable bonds is 1. The maximum Gasteiger partial charge on any atom is 0.428 e. The molecule has 2 saturated carbocycles. The van der Waals surface area contributed by atoms with Crippen LogP contribution in [-0.2, 0) is 0 Å². The summed E-state index contributed by atoms with van der Waals surface area (Å²) in [6.07, 6.45) is -6.34. The van der Waals surface area contributed by atoms with Gasteiger partial charge in [-0.25, -0.2) is 13.2 Å². The SMILES string of the molecule is C[Si](Cl)(Cl)C1CC2CC1C(F)(C(F)(F)F)C2(F)F. The highest BCUT2D eigenvalue weighted by molar-refractivity contribution is 7.45. The minimum Gasteiger partial charge on any atom is -0.227 e. The molecule has 2 bridgehead atoms. The van der Waals surface area contributed by atoms with Crippen LogP contribution in [0.15, 0.2) is 0 Å². The fourth-order valence-electron chi connectivity index (χ4n) is 3.28. The molecular weight excluding hydrogens is 321 g/mol. The van der Waals surface area contributed by atoms with E-state index >= 15 is 0 Å². The molecule has 2 aliphatic rings. The third-order valence-corrected chi connectivity index (χ3v) is 7.76. The summed E-state index contributed by atoms with van der Waals surface area (Å²) >= 11 is 11.7. The first-order valence-corrected chi connectivity index (χ1v) is 9.95. The fourth-order valence-corrected chi connectivity index (χ4v) is 6.49. The van der Waals surface area contributed by atoms with E-state index in [0.29, 0.717) is 0 Å². The van der Waals surface area contributed by atoms with E-state index in [-0.39, 0.29) is 6.42 Å². The molecule has 0 amide bonds. The number of halogens is 8. The van der Waals surface area contributed by atoms with Gasteiger partial charge in [-0.3, -0.25) is 0 Å². The van der Waals surface area contributed by atoms with Crippen LogP contribution in [0.1, 0.15) is 12.8 Å². The molecule has 0 aliphatic heterocycles. The van der Waals surface area contributed by atoms with Crippen LogP contribution in [-0.4, -0.2) is 24.5 Å². The van der Waals surface area contributed by atoms with E-state index in [0.717, 1.165) is 0 Å². The Morgan fingerprint density at radius 1 is 1.11 bits per heavy atom. The van der Waals surface area contributed by atoms with E-state index in [9.17, 15) is 26.3 Å². The first kappa shape index (κ1) is 14.8. The third-order valence-electron chi connectivity index (χ3n) is 4.13. The number of fused-ring (bicyclic) bond motifs is 2. The Bertz CT molecular complexity index is 365. The molecule has 4 unspecified atom stereocenters. The molecule has 18 heavy (non-hydrogen) atoms. The van der Waals surface area contributed by atoms with Crippen molar-refractivity contribution in [3.8, 4) is 0 Å². The van der Waals surface area contributed by atoms with Gasteiger partial charge in [-0.05, 0) is 24.9 Å². The average Bonchev–Trinajstić information content (AvgIpc) is 2.63. The number of hydrogen-bond donors (Lipinski definition) is 0. The lowest BCUT2D eigenvalue weighted by atomic mass is 9.81. The molecule has 0 heterocycles. The lowest BCUT2D eigenvalue weighted by Gasteiger charge is -2.43. The number of alkyl halides is 6. The van der Waals surface area contributed by atoms with Gasteiger partial charge in [0.05, 0.1) is 0 Å². The van der Waals surface area contributed by atoms with Gasteiger partial charge in [0.25, 0.3) is 18.3 Å². The van der Waals surface area contributed by atoms with Gasteiger partial charge in [0.2, 0.25) is 0 Å². The summed E-state index contributed by atoms with van der Waals surface area (Å²) in [6.45, 7) is -1.79. The maximum atomic E-state index is 14.1. The average molecular weight is 331 g/mol. The zero-order valence-electron chi connectivity index (χ0n) is 9.17. The summed E-state index contributed by atoms with van der Waals surface area (Å²) in [5, 5.41) is 0. The van der Waals surface area contributed by atoms with Crippen molar-refractivity contribution < 1.29 is 26.3 Å². The highest BCUT2D eigenvalue weighted by Gasteiger charge is 2.84. The van der Waals surface area contributed by atoms with Crippen molar-refractivity contribution in [3.63, 3.8) is 0 Å². The summed E-state index contributed by atoms with van der Waals surface area (Å²) in [4.78, 5) is 0. The second-order valence-electron chi connectivity index (χ2n) is 5.17. The van der Waals surface area contributed by atoms with Crippen molar-refractivity contribution in [2.45, 2.75) is 42.7 Å². The molecule has 0 nitrogen and oxygen atoms in total. The van der Waals surface area contributed by atoms with Gasteiger partial charge in [-0.1, -0.05) is 0 Å². The van der Waals surface area contributed by atoms with Crippen molar-refractivity contribution in [2.24, 2.45) is 11.8 Å². The highest BCUT2D eigenvalue weighted by Crippen LogP contribution is 2.71. The normalized spacial score (nSPS) is 43.5. The topological polar surface area (TPSA) is 0 Å². The molecule has 9 heteroatoms. The molecule has 4 atom stereocenters. The summed E-state index contributed by atoms with van der Waals surface area (Å²) in [7, 11) is 0. The van der Waals surface area contributed by atoms with Crippen LogP contribution < -0.4 is 0 Å². The second-order valence-corrected chi connectivity index (χ2v) is 13.1. The van der Waals surface area contributed by atoms with Gasteiger partial charge >= 0.3 is 6.18 Å². The van der Waals surface area contributed by atoms with E-state index in [2.05, 4.69) is 0 Å². The van der Waals surface area contributed by atoms with Crippen LogP contribution in [0, 0.1) is 11.8 Å². The minimum absolute atomic E-state index is 0.227. The second kappa shape index (κ2) is 3.72. The molecule has 0 aromatic heterocycles. The molecule has 2 aliphatic carbocycles. The van der Waals surface area contributed by atoms with E-state index in [1.807, 2.05) is 0 Å². The Hall–Kier alpha value is 0.377. The molecule has 0 radical (unpaired) electrons. The van der Waals surface area contributed by atoms with Crippen LogP contribution in [0.5, 0.6) is 0 Å². The summed E-state index contributed by atoms with van der Waals surface area (Å²) in [5.41, 5.74) is -5.48. The van der Waals surface area contributed by atoms with E-state index < -0.39 is 48.3 Å². The van der Waals surface area contributed by atoms with Crippen LogP contribution in [0.25, 0.3) is 0 Å². The Labute approximate surface area is 110 Å². The molecule has 2 fully saturated rings. The molecule has 0 N–H and O–H groups in total. The summed E-state index contributed by atoms with van der Waals surface area (Å²) < 4.78 is 79.5. The van der Waals surface area contributed by atoms with Crippen LogP contribution in [0.3, 0.4) is 0 Å². The summed E-state index contributed by atoms with van der Waals surface area (Å²) in [6, 6.07) is 0. The first-order valence-electron chi connectivity index (χ1n) is 5.34. The fraction of sp³-hybridized carbons (Fsp3) is 1.00. The van der Waals surface area contributed by atoms with Gasteiger partial charge < -0.3 is 0 Å². The van der Waals surface area contributed by atoms with Gasteiger partial charge in [0.1, 0.15) is 0 Å². The third kappa shape index (κ3) is 1.65. The Morgan fingerprint density at radius 3 is 1.94 bits per heavy atom. The molecule has 0 aromatic carbocycles. The highest BCUT2D eigenvalue weighted by atomic mass is 35.7.